The standard InChI is InChI=1S/C22H24N2O3S/c1-26-17-11-8-16(9-12-17)10-13-21(25)24(15-18-5-4-14-27-18)22-23-19-6-2-3-7-20(19)28-22/h2-3,6-9,11-12,18H,4-5,10,13-15H2,1H3/t18-/m0/s1. The Morgan fingerprint density at radius 2 is 2.07 bits per heavy atom. The van der Waals surface area contributed by atoms with Gasteiger partial charge in [0.15, 0.2) is 5.13 Å². The summed E-state index contributed by atoms with van der Waals surface area (Å²) in [5, 5.41) is 0.761. The van der Waals surface area contributed by atoms with Gasteiger partial charge in [-0.25, -0.2) is 4.98 Å². The van der Waals surface area contributed by atoms with Crippen LogP contribution in [0.1, 0.15) is 24.8 Å². The third-order valence-electron chi connectivity index (χ3n) is 5.01. The zero-order chi connectivity index (χ0) is 19.3. The highest BCUT2D eigenvalue weighted by molar-refractivity contribution is 7.22. The van der Waals surface area contributed by atoms with E-state index in [1.807, 2.05) is 53.4 Å². The number of amides is 1. The van der Waals surface area contributed by atoms with E-state index in [2.05, 4.69) is 0 Å². The lowest BCUT2D eigenvalue weighted by molar-refractivity contribution is -0.119. The molecule has 1 aliphatic heterocycles. The Balaban J connectivity index is 1.50. The number of anilines is 1. The van der Waals surface area contributed by atoms with Crippen molar-refractivity contribution in [1.29, 1.82) is 0 Å². The summed E-state index contributed by atoms with van der Waals surface area (Å²) in [5.74, 6) is 0.912. The first kappa shape index (κ1) is 18.9. The second-order valence-electron chi connectivity index (χ2n) is 6.95. The molecule has 0 radical (unpaired) electrons. The number of hydrogen-bond donors (Lipinski definition) is 0. The summed E-state index contributed by atoms with van der Waals surface area (Å²) in [6.07, 6.45) is 3.27. The van der Waals surface area contributed by atoms with Crippen LogP contribution >= 0.6 is 11.3 Å². The van der Waals surface area contributed by atoms with Crippen molar-refractivity contribution in [1.82, 2.24) is 4.98 Å². The van der Waals surface area contributed by atoms with Gasteiger partial charge in [-0.2, -0.15) is 0 Å². The Labute approximate surface area is 168 Å². The topological polar surface area (TPSA) is 51.7 Å². The number of ether oxygens (including phenoxy) is 2. The van der Waals surface area contributed by atoms with Crippen LogP contribution in [0.4, 0.5) is 5.13 Å². The first-order valence-electron chi connectivity index (χ1n) is 9.63. The predicted molar refractivity (Wildman–Crippen MR) is 112 cm³/mol. The van der Waals surface area contributed by atoms with E-state index in [0.717, 1.165) is 46.1 Å². The highest BCUT2D eigenvalue weighted by Crippen LogP contribution is 2.30. The maximum atomic E-state index is 13.1. The van der Waals surface area contributed by atoms with Crippen LogP contribution in [0.15, 0.2) is 48.5 Å². The smallest absolute Gasteiger partial charge is 0.229 e. The van der Waals surface area contributed by atoms with Crippen molar-refractivity contribution in [2.75, 3.05) is 25.2 Å². The molecule has 2 aromatic carbocycles. The highest BCUT2D eigenvalue weighted by Gasteiger charge is 2.25. The summed E-state index contributed by atoms with van der Waals surface area (Å²) < 4.78 is 12.1. The van der Waals surface area contributed by atoms with Crippen LogP contribution in [0.25, 0.3) is 10.2 Å². The van der Waals surface area contributed by atoms with Crippen molar-refractivity contribution in [3.8, 4) is 5.75 Å². The van der Waals surface area contributed by atoms with Crippen LogP contribution in [0.3, 0.4) is 0 Å². The molecule has 6 heteroatoms. The van der Waals surface area contributed by atoms with Gasteiger partial charge in [-0.3, -0.25) is 9.69 Å². The molecule has 0 bridgehead atoms. The van der Waals surface area contributed by atoms with E-state index in [1.54, 1.807) is 18.4 Å². The predicted octanol–water partition coefficient (Wildman–Crippen LogP) is 4.45. The Hall–Kier alpha value is -2.44. The van der Waals surface area contributed by atoms with Gasteiger partial charge in [-0.05, 0) is 49.1 Å². The van der Waals surface area contributed by atoms with Crippen LogP contribution in [0.5, 0.6) is 5.75 Å². The Kier molecular flexibility index (Phi) is 5.88. The first-order valence-corrected chi connectivity index (χ1v) is 10.4. The number of aromatic nitrogens is 1. The maximum absolute atomic E-state index is 13.1. The molecule has 1 atom stereocenters. The van der Waals surface area contributed by atoms with Crippen molar-refractivity contribution in [2.24, 2.45) is 0 Å². The summed E-state index contributed by atoms with van der Waals surface area (Å²) in [4.78, 5) is 19.6. The molecule has 2 heterocycles. The Morgan fingerprint density at radius 1 is 1.25 bits per heavy atom. The molecule has 146 valence electrons. The first-order chi connectivity index (χ1) is 13.7. The van der Waals surface area contributed by atoms with Gasteiger partial charge in [-0.15, -0.1) is 0 Å². The zero-order valence-corrected chi connectivity index (χ0v) is 16.8. The fraction of sp³-hybridized carbons (Fsp3) is 0.364. The minimum Gasteiger partial charge on any atom is -0.497 e. The monoisotopic (exact) mass is 396 g/mol. The van der Waals surface area contributed by atoms with Gasteiger partial charge in [-0.1, -0.05) is 35.6 Å². The summed E-state index contributed by atoms with van der Waals surface area (Å²) in [7, 11) is 1.65. The summed E-state index contributed by atoms with van der Waals surface area (Å²) in [6.45, 7) is 1.35. The molecule has 0 N–H and O–H groups in total. The summed E-state index contributed by atoms with van der Waals surface area (Å²) >= 11 is 1.57. The van der Waals surface area contributed by atoms with Crippen LogP contribution in [-0.2, 0) is 16.0 Å². The average Bonchev–Trinajstić information content (AvgIpc) is 3.40. The highest BCUT2D eigenvalue weighted by atomic mass is 32.1. The molecule has 1 amide bonds. The molecular formula is C22H24N2O3S. The number of rotatable bonds is 7. The molecule has 0 unspecified atom stereocenters. The van der Waals surface area contributed by atoms with Crippen LogP contribution in [0, 0.1) is 0 Å². The van der Waals surface area contributed by atoms with Crippen molar-refractivity contribution in [2.45, 2.75) is 31.8 Å². The molecular weight excluding hydrogens is 372 g/mol. The SMILES string of the molecule is COc1ccc(CCC(=O)N(C[C@@H]2CCCO2)c2nc3ccccc3s2)cc1. The molecule has 0 aliphatic carbocycles. The van der Waals surface area contributed by atoms with Gasteiger partial charge in [0.25, 0.3) is 0 Å². The molecule has 1 fully saturated rings. The van der Waals surface area contributed by atoms with Gasteiger partial charge in [0.2, 0.25) is 5.91 Å². The third-order valence-corrected chi connectivity index (χ3v) is 6.07. The van der Waals surface area contributed by atoms with Gasteiger partial charge in [0.1, 0.15) is 5.75 Å². The fourth-order valence-corrected chi connectivity index (χ4v) is 4.42. The van der Waals surface area contributed by atoms with E-state index >= 15 is 0 Å². The molecule has 28 heavy (non-hydrogen) atoms. The Bertz CT molecular complexity index is 899. The second kappa shape index (κ2) is 8.71. The number of carbonyl (C=O) groups is 1. The molecule has 1 aliphatic rings. The largest absolute Gasteiger partial charge is 0.497 e. The number of carbonyl (C=O) groups excluding carboxylic acids is 1. The third kappa shape index (κ3) is 4.34. The minimum absolute atomic E-state index is 0.0883. The quantitative estimate of drug-likeness (QED) is 0.592. The molecule has 1 aromatic heterocycles. The lowest BCUT2D eigenvalue weighted by Gasteiger charge is -2.23. The van der Waals surface area contributed by atoms with Crippen LogP contribution in [0.2, 0.25) is 0 Å². The normalized spacial score (nSPS) is 16.4. The number of methoxy groups -OCH3 is 1. The number of para-hydroxylation sites is 1. The lowest BCUT2D eigenvalue weighted by Crippen LogP contribution is -2.37. The van der Waals surface area contributed by atoms with Gasteiger partial charge in [0, 0.05) is 13.0 Å². The maximum Gasteiger partial charge on any atom is 0.229 e. The fourth-order valence-electron chi connectivity index (χ4n) is 3.43. The summed E-state index contributed by atoms with van der Waals surface area (Å²) in [5.41, 5.74) is 2.05. The number of nitrogens with zero attached hydrogens (tertiary/aromatic N) is 2. The Morgan fingerprint density at radius 3 is 2.79 bits per heavy atom. The zero-order valence-electron chi connectivity index (χ0n) is 16.0. The summed E-state index contributed by atoms with van der Waals surface area (Å²) in [6, 6.07) is 15.9. The minimum atomic E-state index is 0.0883. The van der Waals surface area contributed by atoms with Crippen molar-refractivity contribution in [3.05, 3.63) is 54.1 Å². The molecule has 1 saturated heterocycles. The van der Waals surface area contributed by atoms with E-state index < -0.39 is 0 Å². The van der Waals surface area contributed by atoms with Gasteiger partial charge < -0.3 is 9.47 Å². The van der Waals surface area contributed by atoms with Crippen molar-refractivity contribution in [3.63, 3.8) is 0 Å². The van der Waals surface area contributed by atoms with Crippen molar-refractivity contribution >= 4 is 32.6 Å². The van der Waals surface area contributed by atoms with Crippen LogP contribution in [-0.4, -0.2) is 37.3 Å². The molecule has 0 saturated carbocycles. The number of hydrogen-bond acceptors (Lipinski definition) is 5. The number of benzene rings is 2. The average molecular weight is 397 g/mol. The second-order valence-corrected chi connectivity index (χ2v) is 7.96. The number of thiazole rings is 1. The van der Waals surface area contributed by atoms with E-state index in [0.29, 0.717) is 19.4 Å². The number of aryl methyl sites for hydroxylation is 1. The molecule has 4 rings (SSSR count). The van der Waals surface area contributed by atoms with Gasteiger partial charge in [0.05, 0.1) is 30.0 Å². The number of fused-ring (bicyclic) bond motifs is 1. The van der Waals surface area contributed by atoms with Crippen molar-refractivity contribution < 1.29 is 14.3 Å². The molecule has 3 aromatic rings. The lowest BCUT2D eigenvalue weighted by atomic mass is 10.1. The molecule has 0 spiro atoms. The van der Waals surface area contributed by atoms with Gasteiger partial charge >= 0.3 is 0 Å². The van der Waals surface area contributed by atoms with E-state index in [9.17, 15) is 4.79 Å². The van der Waals surface area contributed by atoms with E-state index in [1.165, 1.54) is 0 Å². The van der Waals surface area contributed by atoms with E-state index in [4.69, 9.17) is 14.5 Å². The van der Waals surface area contributed by atoms with E-state index in [-0.39, 0.29) is 12.0 Å². The molecule has 5 nitrogen and oxygen atoms in total. The van der Waals surface area contributed by atoms with Crippen LogP contribution < -0.4 is 9.64 Å².